The van der Waals surface area contributed by atoms with Crippen molar-refractivity contribution in [1.82, 2.24) is 10.3 Å². The zero-order chi connectivity index (χ0) is 28.9. The van der Waals surface area contributed by atoms with Crippen molar-refractivity contribution in [1.29, 1.82) is 10.8 Å². The second-order valence-corrected chi connectivity index (χ2v) is 8.86. The van der Waals surface area contributed by atoms with Gasteiger partial charge in [0.05, 0.1) is 21.6 Å². The van der Waals surface area contributed by atoms with E-state index in [2.05, 4.69) is 31.6 Å². The zero-order valence-electron chi connectivity index (χ0n) is 22.2. The van der Waals surface area contributed by atoms with Crippen LogP contribution in [0.15, 0.2) is 91.0 Å². The molecule has 0 aliphatic heterocycles. The summed E-state index contributed by atoms with van der Waals surface area (Å²) in [5.74, 6) is -0.503. The Kier molecular flexibility index (Phi) is 10.2. The number of hydrogen-bond acceptors (Lipinski definition) is 7. The Balaban J connectivity index is 0.00000253. The normalized spacial score (nSPS) is 10.0. The SMILES string of the molecule is Cl.Cl.N=C(N)NC(=N)Nc1ccc(NC(=O)Nc2ccc(Nc3c4ccccc4nc4cc([N+](=O)[O-])ccc34)cc2)cc1. The molecule has 0 aliphatic rings. The zero-order valence-corrected chi connectivity index (χ0v) is 23.8. The summed E-state index contributed by atoms with van der Waals surface area (Å²) in [6, 6.07) is 25.5. The molecule has 0 bridgehead atoms. The van der Waals surface area contributed by atoms with Crippen molar-refractivity contribution in [2.24, 2.45) is 5.73 Å². The van der Waals surface area contributed by atoms with E-state index in [1.54, 1.807) is 42.5 Å². The van der Waals surface area contributed by atoms with Crippen LogP contribution in [-0.4, -0.2) is 27.9 Å². The van der Waals surface area contributed by atoms with Crippen molar-refractivity contribution in [3.8, 4) is 0 Å². The first-order valence-corrected chi connectivity index (χ1v) is 12.2. The molecular formula is C28H26Cl2N10O3. The minimum atomic E-state index is -0.444. The van der Waals surface area contributed by atoms with Gasteiger partial charge in [0.2, 0.25) is 0 Å². The largest absolute Gasteiger partial charge is 0.370 e. The maximum absolute atomic E-state index is 12.5. The topological polar surface area (TPSA) is 207 Å². The monoisotopic (exact) mass is 620 g/mol. The van der Waals surface area contributed by atoms with Crippen LogP contribution in [0.2, 0.25) is 0 Å². The number of pyridine rings is 1. The summed E-state index contributed by atoms with van der Waals surface area (Å²) >= 11 is 0. The number of amides is 2. The number of aromatic nitrogens is 1. The van der Waals surface area contributed by atoms with Crippen LogP contribution in [0.5, 0.6) is 0 Å². The fraction of sp³-hybridized carbons (Fsp3) is 0. The minimum absolute atomic E-state index is 0. The van der Waals surface area contributed by atoms with Gasteiger partial charge in [-0.25, -0.2) is 9.78 Å². The van der Waals surface area contributed by atoms with Gasteiger partial charge in [0, 0.05) is 45.7 Å². The Hall–Kier alpha value is -5.66. The first kappa shape index (κ1) is 31.9. The van der Waals surface area contributed by atoms with E-state index in [0.717, 1.165) is 22.1 Å². The lowest BCUT2D eigenvalue weighted by Crippen LogP contribution is -2.39. The number of carbonyl (C=O) groups is 1. The number of nitrogens with zero attached hydrogens (tertiary/aromatic N) is 2. The number of nitro benzene ring substituents is 1. The van der Waals surface area contributed by atoms with Crippen LogP contribution < -0.4 is 32.3 Å². The molecule has 9 N–H and O–H groups in total. The highest BCUT2D eigenvalue weighted by molar-refractivity contribution is 6.09. The van der Waals surface area contributed by atoms with Gasteiger partial charge in [0.25, 0.3) is 5.69 Å². The lowest BCUT2D eigenvalue weighted by atomic mass is 10.1. The molecule has 0 spiro atoms. The fourth-order valence-electron chi connectivity index (χ4n) is 4.15. The number of hydrogen-bond donors (Lipinski definition) is 8. The van der Waals surface area contributed by atoms with Gasteiger partial charge < -0.3 is 27.0 Å². The number of non-ortho nitro benzene ring substituents is 1. The third kappa shape index (κ3) is 7.75. The number of anilines is 5. The average Bonchev–Trinajstić information content (AvgIpc) is 2.94. The first-order chi connectivity index (χ1) is 19.7. The Labute approximate surface area is 257 Å². The molecule has 220 valence electrons. The van der Waals surface area contributed by atoms with Gasteiger partial charge in [0.1, 0.15) is 0 Å². The van der Waals surface area contributed by atoms with Crippen LogP contribution in [0.4, 0.5) is 38.9 Å². The molecule has 1 aromatic heterocycles. The highest BCUT2D eigenvalue weighted by Crippen LogP contribution is 2.34. The molecular weight excluding hydrogens is 595 g/mol. The summed E-state index contributed by atoms with van der Waals surface area (Å²) in [6.07, 6.45) is 0. The summed E-state index contributed by atoms with van der Waals surface area (Å²) in [4.78, 5) is 28.0. The van der Waals surface area contributed by atoms with Gasteiger partial charge in [-0.2, -0.15) is 0 Å². The van der Waals surface area contributed by atoms with E-state index >= 15 is 0 Å². The Bertz CT molecular complexity index is 1820. The summed E-state index contributed by atoms with van der Waals surface area (Å²) in [7, 11) is 0. The van der Waals surface area contributed by atoms with Gasteiger partial charge in [-0.05, 0) is 60.7 Å². The first-order valence-electron chi connectivity index (χ1n) is 12.2. The quantitative estimate of drug-likeness (QED) is 0.0351. The molecule has 0 unspecified atom stereocenters. The Morgan fingerprint density at radius 1 is 0.744 bits per heavy atom. The lowest BCUT2D eigenvalue weighted by Gasteiger charge is -2.14. The molecule has 0 radical (unpaired) electrons. The molecule has 15 heteroatoms. The molecule has 0 fully saturated rings. The number of benzene rings is 4. The number of urea groups is 1. The van der Waals surface area contributed by atoms with Crippen LogP contribution in [0.25, 0.3) is 21.8 Å². The van der Waals surface area contributed by atoms with Gasteiger partial charge in [-0.1, -0.05) is 18.2 Å². The molecule has 13 nitrogen and oxygen atoms in total. The lowest BCUT2D eigenvalue weighted by molar-refractivity contribution is -0.384. The van der Waals surface area contributed by atoms with E-state index in [0.29, 0.717) is 28.1 Å². The predicted molar refractivity (Wildman–Crippen MR) is 176 cm³/mol. The van der Waals surface area contributed by atoms with Crippen molar-refractivity contribution in [2.75, 3.05) is 21.3 Å². The van der Waals surface area contributed by atoms with Crippen LogP contribution in [0, 0.1) is 20.9 Å². The summed E-state index contributed by atoms with van der Waals surface area (Å²) < 4.78 is 0. The van der Waals surface area contributed by atoms with Gasteiger partial charge in [-0.15, -0.1) is 24.8 Å². The van der Waals surface area contributed by atoms with E-state index < -0.39 is 11.0 Å². The molecule has 43 heavy (non-hydrogen) atoms. The van der Waals surface area contributed by atoms with E-state index in [9.17, 15) is 14.9 Å². The van der Waals surface area contributed by atoms with Crippen LogP contribution in [0.1, 0.15) is 0 Å². The number of nitrogens with one attached hydrogen (secondary N) is 7. The molecule has 0 saturated heterocycles. The van der Waals surface area contributed by atoms with Crippen LogP contribution >= 0.6 is 24.8 Å². The second kappa shape index (κ2) is 13.8. The predicted octanol–water partition coefficient (Wildman–Crippen LogP) is 6.36. The van der Waals surface area contributed by atoms with Crippen molar-refractivity contribution in [3.05, 3.63) is 101 Å². The van der Waals surface area contributed by atoms with Crippen molar-refractivity contribution in [2.45, 2.75) is 0 Å². The number of nitro groups is 1. The third-order valence-electron chi connectivity index (χ3n) is 5.96. The van der Waals surface area contributed by atoms with Crippen molar-refractivity contribution in [3.63, 3.8) is 0 Å². The van der Waals surface area contributed by atoms with E-state index in [1.165, 1.54) is 12.1 Å². The number of nitrogens with two attached hydrogens (primary N) is 1. The van der Waals surface area contributed by atoms with E-state index in [4.69, 9.17) is 16.6 Å². The number of carbonyl (C=O) groups excluding carboxylic acids is 1. The number of halogens is 2. The molecule has 0 aliphatic carbocycles. The van der Waals surface area contributed by atoms with E-state index in [1.807, 2.05) is 36.4 Å². The smallest absolute Gasteiger partial charge is 0.323 e. The summed E-state index contributed by atoms with van der Waals surface area (Å²) in [6.45, 7) is 0. The number of fused-ring (bicyclic) bond motifs is 2. The summed E-state index contributed by atoms with van der Waals surface area (Å²) in [5, 5.41) is 41.7. The maximum Gasteiger partial charge on any atom is 0.323 e. The molecule has 5 aromatic rings. The molecule has 2 amide bonds. The van der Waals surface area contributed by atoms with E-state index in [-0.39, 0.29) is 42.4 Å². The fourth-order valence-corrected chi connectivity index (χ4v) is 4.15. The molecule has 0 saturated carbocycles. The second-order valence-electron chi connectivity index (χ2n) is 8.86. The Morgan fingerprint density at radius 2 is 1.28 bits per heavy atom. The maximum atomic E-state index is 12.5. The highest BCUT2D eigenvalue weighted by Gasteiger charge is 2.14. The van der Waals surface area contributed by atoms with Gasteiger partial charge in [-0.3, -0.25) is 26.2 Å². The van der Waals surface area contributed by atoms with Crippen molar-refractivity contribution < 1.29 is 9.72 Å². The average molecular weight is 621 g/mol. The van der Waals surface area contributed by atoms with Crippen LogP contribution in [-0.2, 0) is 0 Å². The van der Waals surface area contributed by atoms with Gasteiger partial charge in [0.15, 0.2) is 11.9 Å². The molecule has 0 atom stereocenters. The standard InChI is InChI=1S/C28H24N10O3.2ClH/c29-26(30)37-27(31)33-17-7-11-19(12-8-17)35-28(39)34-18-9-5-16(6-10-18)32-25-21-3-1-2-4-23(21)36-24-15-20(38(40)41)13-14-22(24)25;;/h1-15H,(H,32,36)(H2,34,35,39)(H6,29,30,31,33,37);2*1H. The minimum Gasteiger partial charge on any atom is -0.370 e. The highest BCUT2D eigenvalue weighted by atomic mass is 35.5. The van der Waals surface area contributed by atoms with Crippen LogP contribution in [0.3, 0.4) is 0 Å². The molecule has 1 heterocycles. The molecule has 4 aromatic carbocycles. The number of rotatable bonds is 6. The third-order valence-corrected chi connectivity index (χ3v) is 5.96. The Morgan fingerprint density at radius 3 is 1.86 bits per heavy atom. The summed E-state index contributed by atoms with van der Waals surface area (Å²) in [5.41, 5.74) is 9.56. The number of para-hydroxylation sites is 1. The van der Waals surface area contributed by atoms with Gasteiger partial charge >= 0.3 is 6.03 Å². The number of guanidine groups is 2. The van der Waals surface area contributed by atoms with Crippen molar-refractivity contribution >= 4 is 98.7 Å². The molecule has 5 rings (SSSR count).